The minimum absolute atomic E-state index is 0.231. The summed E-state index contributed by atoms with van der Waals surface area (Å²) in [5.74, 6) is 1.00. The molecule has 0 saturated carbocycles. The highest BCUT2D eigenvalue weighted by molar-refractivity contribution is 6.00. The van der Waals surface area contributed by atoms with Crippen LogP contribution in [0.5, 0.6) is 5.75 Å². The highest BCUT2D eigenvalue weighted by Gasteiger charge is 2.12. The van der Waals surface area contributed by atoms with E-state index in [2.05, 4.69) is 20.7 Å². The predicted octanol–water partition coefficient (Wildman–Crippen LogP) is 3.22. The molecule has 2 N–H and O–H groups in total. The van der Waals surface area contributed by atoms with Gasteiger partial charge in [-0.25, -0.2) is 5.43 Å². The summed E-state index contributed by atoms with van der Waals surface area (Å²) in [7, 11) is 0. The Morgan fingerprint density at radius 1 is 1.32 bits per heavy atom. The number of hydrazone groups is 1. The number of benzene rings is 1. The highest BCUT2D eigenvalue weighted by atomic mass is 16.5. The monoisotopic (exact) mass is 338 g/mol. The van der Waals surface area contributed by atoms with Crippen LogP contribution >= 0.6 is 0 Å². The van der Waals surface area contributed by atoms with Crippen LogP contribution in [0.2, 0.25) is 0 Å². The summed E-state index contributed by atoms with van der Waals surface area (Å²) in [6.45, 7) is 4.36. The van der Waals surface area contributed by atoms with E-state index in [1.165, 1.54) is 0 Å². The molecule has 0 saturated heterocycles. The summed E-state index contributed by atoms with van der Waals surface area (Å²) in [5, 5.41) is 10.8. The summed E-state index contributed by atoms with van der Waals surface area (Å²) in [5.41, 5.74) is 4.93. The molecule has 128 valence electrons. The van der Waals surface area contributed by atoms with Crippen molar-refractivity contribution in [3.63, 3.8) is 0 Å². The molecule has 2 aromatic heterocycles. The third-order valence-electron chi connectivity index (χ3n) is 3.51. The van der Waals surface area contributed by atoms with Crippen LogP contribution in [0.15, 0.2) is 58.2 Å². The molecule has 7 nitrogen and oxygen atoms in total. The smallest absolute Gasteiger partial charge is 0.291 e. The molecule has 1 amide bonds. The Kier molecular flexibility index (Phi) is 4.94. The number of aromatic nitrogens is 2. The second kappa shape index (κ2) is 7.48. The van der Waals surface area contributed by atoms with Crippen molar-refractivity contribution in [3.8, 4) is 17.2 Å². The second-order valence-electron chi connectivity index (χ2n) is 5.24. The molecule has 7 heteroatoms. The molecule has 0 spiro atoms. The van der Waals surface area contributed by atoms with E-state index < -0.39 is 5.91 Å². The number of furan rings is 1. The Balaban J connectivity index is 1.65. The topological polar surface area (TPSA) is 92.5 Å². The number of H-pyrrole nitrogens is 1. The van der Waals surface area contributed by atoms with Gasteiger partial charge in [-0.2, -0.15) is 10.2 Å². The Hall–Kier alpha value is -3.35. The Morgan fingerprint density at radius 3 is 2.80 bits per heavy atom. The van der Waals surface area contributed by atoms with Crippen molar-refractivity contribution in [1.82, 2.24) is 15.6 Å². The molecule has 0 aliphatic carbocycles. The van der Waals surface area contributed by atoms with Crippen molar-refractivity contribution >= 4 is 11.6 Å². The van der Waals surface area contributed by atoms with E-state index in [1.807, 2.05) is 38.1 Å². The van der Waals surface area contributed by atoms with Crippen LogP contribution < -0.4 is 10.2 Å². The van der Waals surface area contributed by atoms with E-state index in [4.69, 9.17) is 9.15 Å². The quantitative estimate of drug-likeness (QED) is 0.533. The van der Waals surface area contributed by atoms with Gasteiger partial charge in [0.05, 0.1) is 18.6 Å². The van der Waals surface area contributed by atoms with Gasteiger partial charge in [0.2, 0.25) is 0 Å². The number of carbonyl (C=O) groups is 1. The first-order valence-electron chi connectivity index (χ1n) is 7.84. The van der Waals surface area contributed by atoms with Crippen LogP contribution in [-0.4, -0.2) is 28.4 Å². The summed E-state index contributed by atoms with van der Waals surface area (Å²) in [6, 6.07) is 12.7. The normalized spacial score (nSPS) is 11.4. The molecular formula is C18H18N4O3. The summed E-state index contributed by atoms with van der Waals surface area (Å²) < 4.78 is 10.7. The number of aromatic amines is 1. The predicted molar refractivity (Wildman–Crippen MR) is 93.6 cm³/mol. The Morgan fingerprint density at radius 2 is 2.12 bits per heavy atom. The molecular weight excluding hydrogens is 320 g/mol. The fourth-order valence-electron chi connectivity index (χ4n) is 2.21. The first-order valence-corrected chi connectivity index (χ1v) is 7.84. The molecule has 1 aromatic carbocycles. The number of amides is 1. The van der Waals surface area contributed by atoms with Crippen LogP contribution in [-0.2, 0) is 0 Å². The van der Waals surface area contributed by atoms with Crippen molar-refractivity contribution in [2.24, 2.45) is 5.10 Å². The number of nitrogens with zero attached hydrogens (tertiary/aromatic N) is 2. The molecule has 0 bridgehead atoms. The van der Waals surface area contributed by atoms with Gasteiger partial charge in [0.1, 0.15) is 11.4 Å². The summed E-state index contributed by atoms with van der Waals surface area (Å²) >= 11 is 0. The molecule has 0 radical (unpaired) electrons. The zero-order valence-electron chi connectivity index (χ0n) is 13.9. The molecule has 0 aliphatic rings. The first kappa shape index (κ1) is 16.5. The number of carbonyl (C=O) groups excluding carboxylic acids is 1. The lowest BCUT2D eigenvalue weighted by atomic mass is 10.1. The average Bonchev–Trinajstić information content (AvgIpc) is 3.31. The lowest BCUT2D eigenvalue weighted by molar-refractivity contribution is 0.0950. The van der Waals surface area contributed by atoms with Crippen molar-refractivity contribution in [3.05, 3.63) is 60.0 Å². The SMILES string of the molecule is CCOc1ccc(/C(C)=N\NC(=O)c2cc(-c3ccco3)[nH]n2)cc1. The number of rotatable bonds is 6. The van der Waals surface area contributed by atoms with Crippen LogP contribution in [0.25, 0.3) is 11.5 Å². The molecule has 25 heavy (non-hydrogen) atoms. The largest absolute Gasteiger partial charge is 0.494 e. The first-order chi connectivity index (χ1) is 12.2. The van der Waals surface area contributed by atoms with Crippen LogP contribution in [0.1, 0.15) is 29.9 Å². The molecule has 3 aromatic rings. The van der Waals surface area contributed by atoms with Gasteiger partial charge in [-0.05, 0) is 55.8 Å². The van der Waals surface area contributed by atoms with Gasteiger partial charge in [-0.1, -0.05) is 0 Å². The number of nitrogens with one attached hydrogen (secondary N) is 2. The maximum atomic E-state index is 12.2. The highest BCUT2D eigenvalue weighted by Crippen LogP contribution is 2.17. The molecule has 0 unspecified atom stereocenters. The molecule has 2 heterocycles. The van der Waals surface area contributed by atoms with Crippen LogP contribution in [0, 0.1) is 0 Å². The van der Waals surface area contributed by atoms with Crippen LogP contribution in [0.3, 0.4) is 0 Å². The third-order valence-corrected chi connectivity index (χ3v) is 3.51. The lowest BCUT2D eigenvalue weighted by Gasteiger charge is -2.05. The van der Waals surface area contributed by atoms with Crippen molar-refractivity contribution in [1.29, 1.82) is 0 Å². The van der Waals surface area contributed by atoms with E-state index in [0.29, 0.717) is 23.8 Å². The van der Waals surface area contributed by atoms with E-state index in [9.17, 15) is 4.79 Å². The standard InChI is InChI=1S/C18H18N4O3/c1-3-24-14-8-6-13(7-9-14)12(2)19-22-18(23)16-11-15(20-21-16)17-5-4-10-25-17/h4-11H,3H2,1-2H3,(H,20,21)(H,22,23)/b19-12-. The van der Waals surface area contributed by atoms with E-state index in [0.717, 1.165) is 11.3 Å². The van der Waals surface area contributed by atoms with Crippen LogP contribution in [0.4, 0.5) is 0 Å². The zero-order valence-corrected chi connectivity index (χ0v) is 13.9. The average molecular weight is 338 g/mol. The fourth-order valence-corrected chi connectivity index (χ4v) is 2.21. The molecule has 0 aliphatic heterocycles. The van der Waals surface area contributed by atoms with Gasteiger partial charge >= 0.3 is 0 Å². The maximum absolute atomic E-state index is 12.2. The second-order valence-corrected chi connectivity index (χ2v) is 5.24. The van der Waals surface area contributed by atoms with Crippen molar-refractivity contribution < 1.29 is 13.9 Å². The van der Waals surface area contributed by atoms with E-state index in [-0.39, 0.29) is 5.69 Å². The van der Waals surface area contributed by atoms with Gasteiger partial charge in [-0.15, -0.1) is 0 Å². The lowest BCUT2D eigenvalue weighted by Crippen LogP contribution is -2.19. The Bertz CT molecular complexity index is 864. The number of hydrogen-bond acceptors (Lipinski definition) is 5. The number of hydrogen-bond donors (Lipinski definition) is 2. The molecule has 0 fully saturated rings. The van der Waals surface area contributed by atoms with E-state index >= 15 is 0 Å². The van der Waals surface area contributed by atoms with Gasteiger partial charge in [0.25, 0.3) is 5.91 Å². The third kappa shape index (κ3) is 3.95. The molecule has 3 rings (SSSR count). The van der Waals surface area contributed by atoms with E-state index in [1.54, 1.807) is 24.5 Å². The van der Waals surface area contributed by atoms with Gasteiger partial charge in [0, 0.05) is 6.07 Å². The van der Waals surface area contributed by atoms with Gasteiger partial charge < -0.3 is 9.15 Å². The Labute approximate surface area is 144 Å². The van der Waals surface area contributed by atoms with Gasteiger partial charge in [-0.3, -0.25) is 9.89 Å². The zero-order chi connectivity index (χ0) is 17.6. The maximum Gasteiger partial charge on any atom is 0.291 e. The minimum atomic E-state index is -0.403. The number of ether oxygens (including phenoxy) is 1. The minimum Gasteiger partial charge on any atom is -0.494 e. The molecule has 0 atom stereocenters. The van der Waals surface area contributed by atoms with Crippen molar-refractivity contribution in [2.75, 3.05) is 6.61 Å². The van der Waals surface area contributed by atoms with Gasteiger partial charge in [0.15, 0.2) is 11.5 Å². The summed E-state index contributed by atoms with van der Waals surface area (Å²) in [6.07, 6.45) is 1.56. The fraction of sp³-hybridized carbons (Fsp3) is 0.167. The van der Waals surface area contributed by atoms with Crippen molar-refractivity contribution in [2.45, 2.75) is 13.8 Å². The summed E-state index contributed by atoms with van der Waals surface area (Å²) in [4.78, 5) is 12.2.